The lowest BCUT2D eigenvalue weighted by atomic mass is 10.1. The van der Waals surface area contributed by atoms with E-state index in [0.717, 1.165) is 19.4 Å². The molecule has 1 aromatic rings. The maximum atomic E-state index is 12.9. The van der Waals surface area contributed by atoms with Gasteiger partial charge in [0.25, 0.3) is 0 Å². The van der Waals surface area contributed by atoms with Crippen LogP contribution in [0.1, 0.15) is 32.0 Å². The van der Waals surface area contributed by atoms with Crippen LogP contribution in [-0.2, 0) is 26.9 Å². The minimum absolute atomic E-state index is 0.193. The minimum atomic E-state index is -4.67. The van der Waals surface area contributed by atoms with Crippen LogP contribution in [0.3, 0.4) is 0 Å². The van der Waals surface area contributed by atoms with Crippen LogP contribution in [0.5, 0.6) is 0 Å². The molecule has 7 nitrogen and oxygen atoms in total. The number of alkyl halides is 3. The van der Waals surface area contributed by atoms with Crippen molar-refractivity contribution in [1.82, 2.24) is 10.3 Å². The molecule has 1 rings (SSSR count). The first-order valence-corrected chi connectivity index (χ1v) is 7.23. The lowest BCUT2D eigenvalue weighted by Gasteiger charge is -2.23. The van der Waals surface area contributed by atoms with Crippen LogP contribution >= 0.6 is 0 Å². The van der Waals surface area contributed by atoms with E-state index in [4.69, 9.17) is 10.5 Å². The topological polar surface area (TPSA) is 104 Å². The Hall–Kier alpha value is -2.52. The summed E-state index contributed by atoms with van der Waals surface area (Å²) >= 11 is 0. The van der Waals surface area contributed by atoms with Crippen molar-refractivity contribution in [2.24, 2.45) is 0 Å². The van der Waals surface area contributed by atoms with Crippen LogP contribution < -0.4 is 11.1 Å². The van der Waals surface area contributed by atoms with Crippen molar-refractivity contribution in [2.75, 3.05) is 12.8 Å². The summed E-state index contributed by atoms with van der Waals surface area (Å²) < 4.78 is 48.3. The number of nitrogens with two attached hydrogens (primary N) is 1. The quantitative estimate of drug-likeness (QED) is 0.796. The monoisotopic (exact) mass is 363 g/mol. The van der Waals surface area contributed by atoms with Gasteiger partial charge in [-0.1, -0.05) is 0 Å². The number of halogens is 3. The number of esters is 1. The number of methoxy groups -OCH3 is 1. The fourth-order valence-corrected chi connectivity index (χ4v) is 1.91. The second kappa shape index (κ2) is 7.58. The van der Waals surface area contributed by atoms with Gasteiger partial charge in [-0.2, -0.15) is 13.2 Å². The molecule has 0 aliphatic rings. The normalized spacial score (nSPS) is 13.1. The van der Waals surface area contributed by atoms with Crippen molar-refractivity contribution < 1.29 is 32.2 Å². The van der Waals surface area contributed by atoms with Gasteiger partial charge in [0.15, 0.2) is 0 Å². The van der Waals surface area contributed by atoms with Crippen LogP contribution in [0.15, 0.2) is 12.3 Å². The Labute approximate surface area is 142 Å². The Morgan fingerprint density at radius 1 is 1.32 bits per heavy atom. The highest BCUT2D eigenvalue weighted by Crippen LogP contribution is 2.34. The van der Waals surface area contributed by atoms with Crippen molar-refractivity contribution >= 4 is 17.7 Å². The summed E-state index contributed by atoms with van der Waals surface area (Å²) in [5, 5.41) is 2.25. The van der Waals surface area contributed by atoms with Gasteiger partial charge in [0.05, 0.1) is 24.1 Å². The van der Waals surface area contributed by atoms with Crippen LogP contribution in [0.25, 0.3) is 0 Å². The number of hydrogen-bond donors (Lipinski definition) is 2. The number of nitrogen functional groups attached to an aromatic ring is 1. The van der Waals surface area contributed by atoms with E-state index in [-0.39, 0.29) is 12.1 Å². The van der Waals surface area contributed by atoms with Gasteiger partial charge >= 0.3 is 18.2 Å². The highest BCUT2D eigenvalue weighted by molar-refractivity contribution is 5.82. The first kappa shape index (κ1) is 20.5. The molecule has 0 unspecified atom stereocenters. The van der Waals surface area contributed by atoms with E-state index in [2.05, 4.69) is 15.0 Å². The van der Waals surface area contributed by atoms with Gasteiger partial charge < -0.3 is 20.5 Å². The molecule has 0 radical (unpaired) electrons. The fraction of sp³-hybridized carbons (Fsp3) is 0.533. The van der Waals surface area contributed by atoms with Gasteiger partial charge in [-0.05, 0) is 26.8 Å². The lowest BCUT2D eigenvalue weighted by molar-refractivity contribution is -0.143. The highest BCUT2D eigenvalue weighted by Gasteiger charge is 2.35. The second-order valence-electron chi connectivity index (χ2n) is 6.14. The first-order valence-electron chi connectivity index (χ1n) is 7.23. The van der Waals surface area contributed by atoms with E-state index in [1.807, 2.05) is 0 Å². The molecule has 0 saturated carbocycles. The largest absolute Gasteiger partial charge is 0.467 e. The van der Waals surface area contributed by atoms with Gasteiger partial charge in [0, 0.05) is 12.6 Å². The third-order valence-corrected chi connectivity index (χ3v) is 2.95. The molecule has 0 spiro atoms. The maximum Gasteiger partial charge on any atom is 0.418 e. The first-order chi connectivity index (χ1) is 11.3. The number of aromatic nitrogens is 1. The molecule has 1 amide bonds. The summed E-state index contributed by atoms with van der Waals surface area (Å²) in [6.07, 6.45) is -5.05. The van der Waals surface area contributed by atoms with E-state index in [1.54, 1.807) is 20.8 Å². The highest BCUT2D eigenvalue weighted by atomic mass is 19.4. The number of pyridine rings is 1. The molecule has 25 heavy (non-hydrogen) atoms. The zero-order valence-corrected chi connectivity index (χ0v) is 14.2. The smallest absolute Gasteiger partial charge is 0.418 e. The lowest BCUT2D eigenvalue weighted by Crippen LogP contribution is -2.45. The average molecular weight is 363 g/mol. The van der Waals surface area contributed by atoms with Crippen molar-refractivity contribution in [1.29, 1.82) is 0 Å². The predicted octanol–water partition coefficient (Wildman–Crippen LogP) is 2.29. The third kappa shape index (κ3) is 6.12. The van der Waals surface area contributed by atoms with Gasteiger partial charge in [0.2, 0.25) is 0 Å². The number of hydrogen-bond acceptors (Lipinski definition) is 6. The summed E-state index contributed by atoms with van der Waals surface area (Å²) in [5.74, 6) is -0.871. The van der Waals surface area contributed by atoms with E-state index in [1.165, 1.54) is 0 Å². The summed E-state index contributed by atoms with van der Waals surface area (Å²) in [6.45, 7) is 4.85. The Morgan fingerprint density at radius 2 is 1.92 bits per heavy atom. The van der Waals surface area contributed by atoms with Crippen LogP contribution in [-0.4, -0.2) is 35.8 Å². The summed E-state index contributed by atoms with van der Waals surface area (Å²) in [6, 6.07) is -0.578. The molecule has 0 aliphatic carbocycles. The van der Waals surface area contributed by atoms with Gasteiger partial charge in [-0.3, -0.25) is 4.98 Å². The fourth-order valence-electron chi connectivity index (χ4n) is 1.91. The summed E-state index contributed by atoms with van der Waals surface area (Å²) in [4.78, 5) is 27.4. The Balaban J connectivity index is 3.04. The molecular formula is C15H20F3N3O4. The molecule has 140 valence electrons. The molecule has 1 atom stereocenters. The zero-order chi connectivity index (χ0) is 19.4. The number of anilines is 1. The molecule has 10 heteroatoms. The van der Waals surface area contributed by atoms with Crippen LogP contribution in [0.2, 0.25) is 0 Å². The number of carbonyl (C=O) groups excluding carboxylic acids is 2. The van der Waals surface area contributed by atoms with Crippen molar-refractivity contribution in [3.63, 3.8) is 0 Å². The summed E-state index contributed by atoms with van der Waals surface area (Å²) in [7, 11) is 1.08. The average Bonchev–Trinajstić information content (AvgIpc) is 2.44. The molecule has 1 aromatic heterocycles. The molecule has 1 heterocycles. The van der Waals surface area contributed by atoms with E-state index in [9.17, 15) is 22.8 Å². The Bertz CT molecular complexity index is 642. The number of nitrogens with one attached hydrogen (secondary N) is 1. The molecule has 0 aromatic carbocycles. The molecule has 0 fully saturated rings. The number of nitrogens with zero attached hydrogens (tertiary/aromatic N) is 1. The van der Waals surface area contributed by atoms with Gasteiger partial charge in [-0.15, -0.1) is 0 Å². The van der Waals surface area contributed by atoms with Gasteiger partial charge in [0.1, 0.15) is 11.6 Å². The van der Waals surface area contributed by atoms with Gasteiger partial charge in [-0.25, -0.2) is 9.59 Å². The Kier molecular flexibility index (Phi) is 6.22. The maximum absolute atomic E-state index is 12.9. The SMILES string of the molecule is COC(=O)[C@@H](Cc1nccc(C(F)(F)F)c1N)NC(=O)OC(C)(C)C. The number of amides is 1. The molecule has 0 saturated heterocycles. The zero-order valence-electron chi connectivity index (χ0n) is 14.2. The van der Waals surface area contributed by atoms with E-state index in [0.29, 0.717) is 0 Å². The number of rotatable bonds is 4. The third-order valence-electron chi connectivity index (χ3n) is 2.95. The van der Waals surface area contributed by atoms with Crippen LogP contribution in [0, 0.1) is 0 Å². The number of carbonyl (C=O) groups is 2. The second-order valence-corrected chi connectivity index (χ2v) is 6.14. The Morgan fingerprint density at radius 3 is 2.40 bits per heavy atom. The van der Waals surface area contributed by atoms with Crippen LogP contribution in [0.4, 0.5) is 23.7 Å². The summed E-state index contributed by atoms with van der Waals surface area (Å²) in [5.41, 5.74) is 2.81. The van der Waals surface area contributed by atoms with Crippen molar-refractivity contribution in [3.05, 3.63) is 23.5 Å². The minimum Gasteiger partial charge on any atom is -0.467 e. The molecule has 3 N–H and O–H groups in total. The van der Waals surface area contributed by atoms with Crippen molar-refractivity contribution in [2.45, 2.75) is 45.0 Å². The van der Waals surface area contributed by atoms with E-state index < -0.39 is 41.1 Å². The standard InChI is InChI=1S/C15H20F3N3O4/c1-14(2,3)25-13(23)21-10(12(22)24-4)7-9-11(19)8(5-6-20-9)15(16,17)18/h5-6,10H,7,19H2,1-4H3,(H,21,23)/t10-/m1/s1. The molecule has 0 bridgehead atoms. The van der Waals surface area contributed by atoms with Crippen molar-refractivity contribution in [3.8, 4) is 0 Å². The van der Waals surface area contributed by atoms with E-state index >= 15 is 0 Å². The number of ether oxygens (including phenoxy) is 2. The predicted molar refractivity (Wildman–Crippen MR) is 82.5 cm³/mol. The molecular weight excluding hydrogens is 343 g/mol. The molecule has 0 aliphatic heterocycles. The number of alkyl carbamates (subject to hydrolysis) is 1.